The Labute approximate surface area is 106 Å². The van der Waals surface area contributed by atoms with Crippen LogP contribution in [0.25, 0.3) is 0 Å². The Morgan fingerprint density at radius 3 is 3.00 bits per heavy atom. The van der Waals surface area contributed by atoms with Crippen LogP contribution in [0.15, 0.2) is 24.3 Å². The maximum absolute atomic E-state index is 11.8. The van der Waals surface area contributed by atoms with Crippen LogP contribution in [0, 0.1) is 5.92 Å². The third-order valence-corrected chi connectivity index (χ3v) is 3.64. The second kappa shape index (κ2) is 5.07. The highest BCUT2D eigenvalue weighted by Gasteiger charge is 2.32. The SMILES string of the molecule is CC(CCl)C(=O)N[C@@H]1c2ccccc2C[C@@H]1O. The monoisotopic (exact) mass is 253 g/mol. The highest BCUT2D eigenvalue weighted by Crippen LogP contribution is 2.31. The maximum atomic E-state index is 11.8. The van der Waals surface area contributed by atoms with Crippen molar-refractivity contribution in [2.24, 2.45) is 5.92 Å². The topological polar surface area (TPSA) is 49.3 Å². The summed E-state index contributed by atoms with van der Waals surface area (Å²) in [7, 11) is 0. The molecule has 1 aromatic rings. The summed E-state index contributed by atoms with van der Waals surface area (Å²) in [5.41, 5.74) is 2.11. The average Bonchev–Trinajstić information content (AvgIpc) is 2.65. The van der Waals surface area contributed by atoms with E-state index in [1.54, 1.807) is 6.92 Å². The van der Waals surface area contributed by atoms with E-state index in [1.807, 2.05) is 24.3 Å². The van der Waals surface area contributed by atoms with Gasteiger partial charge in [0.25, 0.3) is 0 Å². The number of amides is 1. The van der Waals surface area contributed by atoms with Crippen molar-refractivity contribution >= 4 is 17.5 Å². The van der Waals surface area contributed by atoms with E-state index in [-0.39, 0.29) is 23.7 Å². The van der Waals surface area contributed by atoms with E-state index in [1.165, 1.54) is 0 Å². The van der Waals surface area contributed by atoms with E-state index in [2.05, 4.69) is 5.32 Å². The van der Waals surface area contributed by atoms with E-state index < -0.39 is 6.10 Å². The molecular formula is C13H16ClNO2. The number of alkyl halides is 1. The first kappa shape index (κ1) is 12.4. The number of rotatable bonds is 3. The van der Waals surface area contributed by atoms with Crippen molar-refractivity contribution in [3.05, 3.63) is 35.4 Å². The molecule has 4 heteroatoms. The molecular weight excluding hydrogens is 238 g/mol. The first-order valence-corrected chi connectivity index (χ1v) is 6.29. The van der Waals surface area contributed by atoms with Crippen molar-refractivity contribution in [2.75, 3.05) is 5.88 Å². The molecule has 2 N–H and O–H groups in total. The number of hydrogen-bond acceptors (Lipinski definition) is 2. The van der Waals surface area contributed by atoms with Gasteiger partial charge in [0.2, 0.25) is 5.91 Å². The summed E-state index contributed by atoms with van der Waals surface area (Å²) in [4.78, 5) is 11.8. The van der Waals surface area contributed by atoms with Gasteiger partial charge in [0.1, 0.15) is 0 Å². The van der Waals surface area contributed by atoms with Gasteiger partial charge in [0.05, 0.1) is 12.1 Å². The van der Waals surface area contributed by atoms with Crippen LogP contribution < -0.4 is 5.32 Å². The van der Waals surface area contributed by atoms with Crippen molar-refractivity contribution in [1.29, 1.82) is 0 Å². The normalized spacial score (nSPS) is 24.2. The summed E-state index contributed by atoms with van der Waals surface area (Å²) in [6.07, 6.45) is 0.0509. The Hall–Kier alpha value is -1.06. The molecule has 0 saturated heterocycles. The first-order chi connectivity index (χ1) is 8.13. The molecule has 0 radical (unpaired) electrons. The number of nitrogens with one attached hydrogen (secondary N) is 1. The van der Waals surface area contributed by atoms with Gasteiger partial charge in [0.15, 0.2) is 0 Å². The summed E-state index contributed by atoms with van der Waals surface area (Å²) in [6, 6.07) is 7.49. The summed E-state index contributed by atoms with van der Waals surface area (Å²) in [6.45, 7) is 1.77. The van der Waals surface area contributed by atoms with Crippen LogP contribution in [-0.4, -0.2) is 23.0 Å². The third-order valence-electron chi connectivity index (χ3n) is 3.18. The Kier molecular flexibility index (Phi) is 3.69. The van der Waals surface area contributed by atoms with Gasteiger partial charge in [-0.3, -0.25) is 4.79 Å². The predicted molar refractivity (Wildman–Crippen MR) is 66.9 cm³/mol. The maximum Gasteiger partial charge on any atom is 0.224 e. The number of fused-ring (bicyclic) bond motifs is 1. The highest BCUT2D eigenvalue weighted by molar-refractivity contribution is 6.19. The van der Waals surface area contributed by atoms with Gasteiger partial charge >= 0.3 is 0 Å². The van der Waals surface area contributed by atoms with Crippen LogP contribution >= 0.6 is 11.6 Å². The van der Waals surface area contributed by atoms with E-state index >= 15 is 0 Å². The Morgan fingerprint density at radius 2 is 2.29 bits per heavy atom. The first-order valence-electron chi connectivity index (χ1n) is 5.75. The van der Waals surface area contributed by atoms with Crippen LogP contribution in [-0.2, 0) is 11.2 Å². The Morgan fingerprint density at radius 1 is 1.59 bits per heavy atom. The zero-order valence-electron chi connectivity index (χ0n) is 9.69. The minimum absolute atomic E-state index is 0.110. The van der Waals surface area contributed by atoms with Gasteiger partial charge in [-0.2, -0.15) is 0 Å². The standard InChI is InChI=1S/C13H16ClNO2/c1-8(7-14)13(17)15-12-10-5-3-2-4-9(10)6-11(12)16/h2-5,8,11-12,16H,6-7H2,1H3,(H,15,17)/t8?,11-,12+/m0/s1. The van der Waals surface area contributed by atoms with Gasteiger partial charge in [-0.1, -0.05) is 31.2 Å². The number of hydrogen-bond donors (Lipinski definition) is 2. The fourth-order valence-corrected chi connectivity index (χ4v) is 2.25. The molecule has 3 atom stereocenters. The molecule has 1 aromatic carbocycles. The molecule has 0 aliphatic heterocycles. The molecule has 0 spiro atoms. The lowest BCUT2D eigenvalue weighted by Crippen LogP contribution is -2.37. The molecule has 1 aliphatic rings. The van der Waals surface area contributed by atoms with Crippen LogP contribution in [0.4, 0.5) is 0 Å². The van der Waals surface area contributed by atoms with Crippen LogP contribution in [0.5, 0.6) is 0 Å². The largest absolute Gasteiger partial charge is 0.390 e. The van der Waals surface area contributed by atoms with Crippen molar-refractivity contribution < 1.29 is 9.90 Å². The molecule has 17 heavy (non-hydrogen) atoms. The second-order valence-electron chi connectivity index (χ2n) is 4.51. The van der Waals surface area contributed by atoms with Crippen molar-refractivity contribution in [3.8, 4) is 0 Å². The zero-order valence-corrected chi connectivity index (χ0v) is 10.4. The Bertz CT molecular complexity index is 422. The number of aliphatic hydroxyl groups is 1. The number of benzene rings is 1. The summed E-state index contributed by atoms with van der Waals surface area (Å²) in [5.74, 6) is -0.0617. The molecule has 1 aliphatic carbocycles. The lowest BCUT2D eigenvalue weighted by molar-refractivity contribution is -0.125. The molecule has 0 bridgehead atoms. The van der Waals surface area contributed by atoms with E-state index in [0.717, 1.165) is 11.1 Å². The minimum Gasteiger partial charge on any atom is -0.390 e. The van der Waals surface area contributed by atoms with Crippen LogP contribution in [0.1, 0.15) is 24.1 Å². The summed E-state index contributed by atoms with van der Waals surface area (Å²) in [5, 5.41) is 12.8. The lowest BCUT2D eigenvalue weighted by Gasteiger charge is -2.19. The van der Waals surface area contributed by atoms with Crippen LogP contribution in [0.2, 0.25) is 0 Å². The van der Waals surface area contributed by atoms with Crippen molar-refractivity contribution in [1.82, 2.24) is 5.32 Å². The molecule has 2 rings (SSSR count). The van der Waals surface area contributed by atoms with Gasteiger partial charge < -0.3 is 10.4 Å². The average molecular weight is 254 g/mol. The molecule has 0 heterocycles. The zero-order chi connectivity index (χ0) is 12.4. The fraction of sp³-hybridized carbons (Fsp3) is 0.462. The van der Waals surface area contributed by atoms with Gasteiger partial charge in [-0.15, -0.1) is 11.6 Å². The predicted octanol–water partition coefficient (Wildman–Crippen LogP) is 1.64. The molecule has 92 valence electrons. The minimum atomic E-state index is -0.543. The van der Waals surface area contributed by atoms with Crippen molar-refractivity contribution in [2.45, 2.75) is 25.5 Å². The van der Waals surface area contributed by atoms with E-state index in [0.29, 0.717) is 6.42 Å². The highest BCUT2D eigenvalue weighted by atomic mass is 35.5. The number of carbonyl (C=O) groups is 1. The molecule has 3 nitrogen and oxygen atoms in total. The van der Waals surface area contributed by atoms with Gasteiger partial charge in [-0.25, -0.2) is 0 Å². The number of carbonyl (C=O) groups excluding carboxylic acids is 1. The molecule has 0 fully saturated rings. The molecule has 1 unspecified atom stereocenters. The third kappa shape index (κ3) is 2.45. The van der Waals surface area contributed by atoms with E-state index in [9.17, 15) is 9.90 Å². The smallest absolute Gasteiger partial charge is 0.224 e. The van der Waals surface area contributed by atoms with Gasteiger partial charge in [-0.05, 0) is 11.1 Å². The van der Waals surface area contributed by atoms with Crippen molar-refractivity contribution in [3.63, 3.8) is 0 Å². The van der Waals surface area contributed by atoms with E-state index in [4.69, 9.17) is 11.6 Å². The quantitative estimate of drug-likeness (QED) is 0.805. The number of halogens is 1. The lowest BCUT2D eigenvalue weighted by atomic mass is 10.1. The molecule has 0 aromatic heterocycles. The summed E-state index contributed by atoms with van der Waals surface area (Å²) < 4.78 is 0. The number of aliphatic hydroxyl groups excluding tert-OH is 1. The fourth-order valence-electron chi connectivity index (χ4n) is 2.11. The molecule has 0 saturated carbocycles. The second-order valence-corrected chi connectivity index (χ2v) is 4.82. The van der Waals surface area contributed by atoms with Crippen LogP contribution in [0.3, 0.4) is 0 Å². The molecule has 1 amide bonds. The summed E-state index contributed by atoms with van der Waals surface area (Å²) >= 11 is 5.65. The van der Waals surface area contributed by atoms with Gasteiger partial charge in [0, 0.05) is 18.2 Å². The Balaban J connectivity index is 2.14.